The number of morpholine rings is 1. The summed E-state index contributed by atoms with van der Waals surface area (Å²) in [5.41, 5.74) is 3.99. The van der Waals surface area contributed by atoms with Crippen LogP contribution in [0.5, 0.6) is 0 Å². The van der Waals surface area contributed by atoms with E-state index in [2.05, 4.69) is 22.3 Å². The number of amides is 1. The zero-order chi connectivity index (χ0) is 23.4. The van der Waals surface area contributed by atoms with E-state index in [0.717, 1.165) is 51.2 Å². The largest absolute Gasteiger partial charge is 0.378 e. The van der Waals surface area contributed by atoms with Gasteiger partial charge in [-0.2, -0.15) is 4.89 Å². The average Bonchev–Trinajstić information content (AvgIpc) is 2.83. The highest BCUT2D eigenvalue weighted by Gasteiger charge is 2.29. The molecule has 1 amide bonds. The standard InChI is InChI=1S/C25H31N3O5/c1-25(2,3)33-32-24(30)18-7-9-19(10-8-18)28(17-29)23-21-5-4-6-22(20(21)11-12-26-23)27-13-15-31-16-14-27/h4-10,17,23,26H,11-16H2,1-3H3. The van der Waals surface area contributed by atoms with Crippen LogP contribution < -0.4 is 15.1 Å². The number of nitrogens with one attached hydrogen (secondary N) is 1. The molecule has 33 heavy (non-hydrogen) atoms. The Balaban J connectivity index is 1.55. The Bertz CT molecular complexity index is 981. The smallest absolute Gasteiger partial charge is 0.373 e. The molecule has 1 unspecified atom stereocenters. The van der Waals surface area contributed by atoms with Crippen LogP contribution in [0.3, 0.4) is 0 Å². The fraction of sp³-hybridized carbons (Fsp3) is 0.440. The van der Waals surface area contributed by atoms with Crippen LogP contribution in [0.1, 0.15) is 48.4 Å². The molecule has 0 radical (unpaired) electrons. The number of carbonyl (C=O) groups is 2. The number of fused-ring (bicyclic) bond motifs is 1. The highest BCUT2D eigenvalue weighted by molar-refractivity contribution is 5.90. The Morgan fingerprint density at radius 1 is 1.15 bits per heavy atom. The van der Waals surface area contributed by atoms with Crippen molar-refractivity contribution in [2.45, 2.75) is 39.0 Å². The van der Waals surface area contributed by atoms with Crippen molar-refractivity contribution >= 4 is 23.8 Å². The number of anilines is 2. The van der Waals surface area contributed by atoms with Crippen LogP contribution in [-0.4, -0.2) is 50.8 Å². The maximum atomic E-state index is 12.2. The molecular formula is C25H31N3O5. The fourth-order valence-electron chi connectivity index (χ4n) is 4.16. The normalized spacial score (nSPS) is 18.4. The molecule has 0 aliphatic carbocycles. The van der Waals surface area contributed by atoms with Crippen molar-refractivity contribution in [3.05, 3.63) is 59.2 Å². The number of ether oxygens (including phenoxy) is 1. The summed E-state index contributed by atoms with van der Waals surface area (Å²) in [6.07, 6.45) is 1.42. The number of hydrogen-bond donors (Lipinski definition) is 1. The molecule has 2 aromatic rings. The quantitative estimate of drug-likeness (QED) is 0.409. The lowest BCUT2D eigenvalue weighted by atomic mass is 9.94. The topological polar surface area (TPSA) is 80.3 Å². The summed E-state index contributed by atoms with van der Waals surface area (Å²) < 4.78 is 5.51. The van der Waals surface area contributed by atoms with Gasteiger partial charge in [0.05, 0.1) is 18.8 Å². The number of nitrogens with zero attached hydrogens (tertiary/aromatic N) is 2. The first-order chi connectivity index (χ1) is 15.9. The van der Waals surface area contributed by atoms with Crippen LogP contribution in [0, 0.1) is 0 Å². The second-order valence-electron chi connectivity index (χ2n) is 9.18. The van der Waals surface area contributed by atoms with E-state index in [0.29, 0.717) is 11.3 Å². The monoisotopic (exact) mass is 453 g/mol. The van der Waals surface area contributed by atoms with E-state index < -0.39 is 11.6 Å². The van der Waals surface area contributed by atoms with E-state index in [9.17, 15) is 9.59 Å². The highest BCUT2D eigenvalue weighted by atomic mass is 17.2. The first-order valence-electron chi connectivity index (χ1n) is 11.3. The lowest BCUT2D eigenvalue weighted by molar-refractivity contribution is -0.301. The van der Waals surface area contributed by atoms with Crippen molar-refractivity contribution in [2.75, 3.05) is 42.6 Å². The second-order valence-corrected chi connectivity index (χ2v) is 9.18. The third-order valence-electron chi connectivity index (χ3n) is 5.71. The lowest BCUT2D eigenvalue weighted by Crippen LogP contribution is -2.43. The van der Waals surface area contributed by atoms with Gasteiger partial charge in [-0.3, -0.25) is 19.9 Å². The summed E-state index contributed by atoms with van der Waals surface area (Å²) in [7, 11) is 0. The Morgan fingerprint density at radius 3 is 2.55 bits per heavy atom. The van der Waals surface area contributed by atoms with Crippen molar-refractivity contribution in [3.63, 3.8) is 0 Å². The van der Waals surface area contributed by atoms with E-state index >= 15 is 0 Å². The van der Waals surface area contributed by atoms with Crippen LogP contribution in [0.15, 0.2) is 42.5 Å². The van der Waals surface area contributed by atoms with Crippen molar-refractivity contribution in [1.29, 1.82) is 0 Å². The molecule has 2 aromatic carbocycles. The zero-order valence-corrected chi connectivity index (χ0v) is 19.4. The van der Waals surface area contributed by atoms with Crippen molar-refractivity contribution in [2.24, 2.45) is 0 Å². The van der Waals surface area contributed by atoms with Crippen molar-refractivity contribution < 1.29 is 24.1 Å². The minimum absolute atomic E-state index is 0.297. The third kappa shape index (κ3) is 5.35. The molecule has 1 atom stereocenters. The van der Waals surface area contributed by atoms with Gasteiger partial charge in [0, 0.05) is 31.0 Å². The third-order valence-corrected chi connectivity index (χ3v) is 5.71. The number of rotatable bonds is 6. The molecule has 0 spiro atoms. The van der Waals surface area contributed by atoms with Gasteiger partial charge in [0.1, 0.15) is 11.8 Å². The Labute approximate surface area is 194 Å². The van der Waals surface area contributed by atoms with Gasteiger partial charge in [-0.15, -0.1) is 0 Å². The van der Waals surface area contributed by atoms with E-state index in [4.69, 9.17) is 14.5 Å². The summed E-state index contributed by atoms with van der Waals surface area (Å²) in [6, 6.07) is 13.0. The van der Waals surface area contributed by atoms with Gasteiger partial charge < -0.3 is 9.64 Å². The molecule has 0 saturated carbocycles. The fourth-order valence-corrected chi connectivity index (χ4v) is 4.16. The summed E-state index contributed by atoms with van der Waals surface area (Å²) in [5.74, 6) is -0.578. The molecule has 2 aliphatic rings. The van der Waals surface area contributed by atoms with Gasteiger partial charge >= 0.3 is 5.97 Å². The van der Waals surface area contributed by atoms with Crippen molar-refractivity contribution in [1.82, 2.24) is 5.32 Å². The average molecular weight is 454 g/mol. The molecule has 176 valence electrons. The van der Waals surface area contributed by atoms with Gasteiger partial charge in [-0.05, 0) is 68.7 Å². The number of carbonyl (C=O) groups excluding carboxylic acids is 2. The van der Waals surface area contributed by atoms with Crippen LogP contribution in [-0.2, 0) is 25.7 Å². The van der Waals surface area contributed by atoms with E-state index in [1.54, 1.807) is 49.9 Å². The molecule has 1 fully saturated rings. The lowest BCUT2D eigenvalue weighted by Gasteiger charge is -2.38. The van der Waals surface area contributed by atoms with Crippen LogP contribution in [0.2, 0.25) is 0 Å². The van der Waals surface area contributed by atoms with E-state index in [1.165, 1.54) is 11.3 Å². The molecule has 0 aromatic heterocycles. The second kappa shape index (κ2) is 9.91. The molecular weight excluding hydrogens is 422 g/mol. The maximum Gasteiger partial charge on any atom is 0.373 e. The molecule has 2 heterocycles. The summed E-state index contributed by atoms with van der Waals surface area (Å²) in [4.78, 5) is 38.4. The Hall–Kier alpha value is -2.94. The zero-order valence-electron chi connectivity index (χ0n) is 19.4. The predicted octanol–water partition coefficient (Wildman–Crippen LogP) is 3.22. The number of benzene rings is 2. The van der Waals surface area contributed by atoms with Gasteiger partial charge in [-0.1, -0.05) is 12.1 Å². The van der Waals surface area contributed by atoms with Crippen LogP contribution >= 0.6 is 0 Å². The van der Waals surface area contributed by atoms with Gasteiger partial charge in [0.2, 0.25) is 6.41 Å². The molecule has 0 bridgehead atoms. The van der Waals surface area contributed by atoms with Crippen LogP contribution in [0.4, 0.5) is 11.4 Å². The summed E-state index contributed by atoms with van der Waals surface area (Å²) >= 11 is 0. The molecule has 1 N–H and O–H groups in total. The predicted molar refractivity (Wildman–Crippen MR) is 125 cm³/mol. The SMILES string of the molecule is CC(C)(C)OOC(=O)c1ccc(N(C=O)C2NCCc3c2cccc3N2CCOCC2)cc1. The molecule has 2 aliphatic heterocycles. The van der Waals surface area contributed by atoms with Crippen molar-refractivity contribution in [3.8, 4) is 0 Å². The maximum absolute atomic E-state index is 12.2. The van der Waals surface area contributed by atoms with Gasteiger partial charge in [-0.25, -0.2) is 4.79 Å². The minimum Gasteiger partial charge on any atom is -0.378 e. The van der Waals surface area contributed by atoms with E-state index in [1.807, 2.05) is 6.07 Å². The minimum atomic E-state index is -0.593. The summed E-state index contributed by atoms with van der Waals surface area (Å²) in [6.45, 7) is 9.33. The van der Waals surface area contributed by atoms with E-state index in [-0.39, 0.29) is 6.17 Å². The van der Waals surface area contributed by atoms with Crippen LogP contribution in [0.25, 0.3) is 0 Å². The molecule has 4 rings (SSSR count). The molecule has 8 nitrogen and oxygen atoms in total. The highest BCUT2D eigenvalue weighted by Crippen LogP contribution is 2.35. The van der Waals surface area contributed by atoms with Gasteiger partial charge in [0.15, 0.2) is 0 Å². The first kappa shape index (κ1) is 23.2. The Kier molecular flexibility index (Phi) is 6.97. The first-order valence-corrected chi connectivity index (χ1v) is 11.3. The van der Waals surface area contributed by atoms with Gasteiger partial charge in [0.25, 0.3) is 0 Å². The molecule has 1 saturated heterocycles. The molecule has 8 heteroatoms. The number of hydrogen-bond acceptors (Lipinski definition) is 7. The Morgan fingerprint density at radius 2 is 1.88 bits per heavy atom. The summed E-state index contributed by atoms with van der Waals surface area (Å²) in [5, 5.41) is 3.47.